The van der Waals surface area contributed by atoms with Crippen LogP contribution >= 0.6 is 45.8 Å². The van der Waals surface area contributed by atoms with Crippen LogP contribution in [0.1, 0.15) is 17.2 Å². The number of hydrogen-bond donors (Lipinski definition) is 1. The summed E-state index contributed by atoms with van der Waals surface area (Å²) in [5.41, 5.74) is 1.43. The second kappa shape index (κ2) is 5.57. The minimum Gasteiger partial charge on any atom is -0.384 e. The van der Waals surface area contributed by atoms with Crippen LogP contribution in [-0.4, -0.2) is 5.11 Å². The van der Waals surface area contributed by atoms with Gasteiger partial charge >= 0.3 is 0 Å². The quantitative estimate of drug-likeness (QED) is 0.752. The summed E-state index contributed by atoms with van der Waals surface area (Å²) in [5, 5.41) is 11.4. The highest BCUT2D eigenvalue weighted by Crippen LogP contribution is 2.30. The Labute approximate surface area is 124 Å². The Bertz CT molecular complexity index is 543. The van der Waals surface area contributed by atoms with Gasteiger partial charge in [0.1, 0.15) is 6.10 Å². The normalized spacial score (nSPS) is 12.5. The third kappa shape index (κ3) is 3.13. The van der Waals surface area contributed by atoms with Gasteiger partial charge in [0, 0.05) is 19.2 Å². The summed E-state index contributed by atoms with van der Waals surface area (Å²) in [7, 11) is 0. The molecule has 1 nitrogen and oxygen atoms in total. The Morgan fingerprint density at radius 1 is 1.06 bits per heavy atom. The van der Waals surface area contributed by atoms with Crippen molar-refractivity contribution in [2.75, 3.05) is 0 Å². The average molecular weight is 379 g/mol. The molecule has 2 rings (SSSR count). The number of benzene rings is 2. The molecular formula is C13H9Cl2IO. The van der Waals surface area contributed by atoms with Gasteiger partial charge < -0.3 is 5.11 Å². The van der Waals surface area contributed by atoms with E-state index in [1.165, 1.54) is 0 Å². The molecule has 0 bridgehead atoms. The number of halogens is 3. The second-order valence-electron chi connectivity index (χ2n) is 3.62. The molecule has 17 heavy (non-hydrogen) atoms. The van der Waals surface area contributed by atoms with Gasteiger partial charge in [0.25, 0.3) is 0 Å². The topological polar surface area (TPSA) is 20.2 Å². The molecule has 0 fully saturated rings. The maximum atomic E-state index is 10.3. The highest BCUT2D eigenvalue weighted by molar-refractivity contribution is 14.1. The zero-order valence-corrected chi connectivity index (χ0v) is 12.4. The fourth-order valence-electron chi connectivity index (χ4n) is 1.58. The molecule has 0 radical (unpaired) electrons. The number of aliphatic hydroxyl groups is 1. The van der Waals surface area contributed by atoms with Crippen LogP contribution in [0.15, 0.2) is 42.5 Å². The highest BCUT2D eigenvalue weighted by Gasteiger charge is 2.14. The number of rotatable bonds is 2. The van der Waals surface area contributed by atoms with E-state index in [4.69, 9.17) is 23.2 Å². The molecule has 0 aliphatic heterocycles. The molecular weight excluding hydrogens is 370 g/mol. The Hall–Kier alpha value is -0.290. The van der Waals surface area contributed by atoms with E-state index in [0.717, 1.165) is 9.13 Å². The molecule has 2 aromatic rings. The molecule has 0 amide bonds. The van der Waals surface area contributed by atoms with Gasteiger partial charge in [-0.15, -0.1) is 0 Å². The fourth-order valence-corrected chi connectivity index (χ4v) is 2.55. The summed E-state index contributed by atoms with van der Waals surface area (Å²) in [6, 6.07) is 12.7. The maximum absolute atomic E-state index is 10.3. The SMILES string of the molecule is OC(c1cccc(I)c1)c1cc(Cl)ccc1Cl. The van der Waals surface area contributed by atoms with Crippen molar-refractivity contribution in [3.8, 4) is 0 Å². The van der Waals surface area contributed by atoms with Crippen LogP contribution in [0.4, 0.5) is 0 Å². The summed E-state index contributed by atoms with van der Waals surface area (Å²) in [4.78, 5) is 0. The van der Waals surface area contributed by atoms with Gasteiger partial charge in [-0.25, -0.2) is 0 Å². The lowest BCUT2D eigenvalue weighted by Crippen LogP contribution is -2.00. The van der Waals surface area contributed by atoms with Crippen LogP contribution < -0.4 is 0 Å². The molecule has 0 spiro atoms. The van der Waals surface area contributed by atoms with Crippen LogP contribution in [-0.2, 0) is 0 Å². The first-order chi connectivity index (χ1) is 8.08. The molecule has 0 saturated heterocycles. The summed E-state index contributed by atoms with van der Waals surface area (Å²) >= 11 is 14.2. The molecule has 0 aliphatic carbocycles. The van der Waals surface area contributed by atoms with Gasteiger partial charge in [0.15, 0.2) is 0 Å². The molecule has 2 aromatic carbocycles. The van der Waals surface area contributed by atoms with Gasteiger partial charge in [-0.05, 0) is 58.5 Å². The van der Waals surface area contributed by atoms with E-state index >= 15 is 0 Å². The Kier molecular flexibility index (Phi) is 4.31. The van der Waals surface area contributed by atoms with E-state index in [2.05, 4.69) is 22.6 Å². The van der Waals surface area contributed by atoms with Gasteiger partial charge in [-0.1, -0.05) is 35.3 Å². The second-order valence-corrected chi connectivity index (χ2v) is 5.71. The van der Waals surface area contributed by atoms with E-state index in [-0.39, 0.29) is 0 Å². The van der Waals surface area contributed by atoms with Gasteiger partial charge in [-0.2, -0.15) is 0 Å². The molecule has 1 N–H and O–H groups in total. The summed E-state index contributed by atoms with van der Waals surface area (Å²) in [6.07, 6.45) is -0.754. The third-order valence-corrected chi connectivity index (χ3v) is 3.67. The lowest BCUT2D eigenvalue weighted by Gasteiger charge is -2.13. The Balaban J connectivity index is 2.43. The zero-order chi connectivity index (χ0) is 12.4. The van der Waals surface area contributed by atoms with E-state index in [9.17, 15) is 5.11 Å². The lowest BCUT2D eigenvalue weighted by molar-refractivity contribution is 0.220. The molecule has 1 atom stereocenters. The van der Waals surface area contributed by atoms with Crippen molar-refractivity contribution in [2.24, 2.45) is 0 Å². The molecule has 4 heteroatoms. The number of hydrogen-bond acceptors (Lipinski definition) is 1. The first kappa shape index (κ1) is 13.1. The predicted molar refractivity (Wildman–Crippen MR) is 79.7 cm³/mol. The standard InChI is InChI=1S/C13H9Cl2IO/c14-9-4-5-12(15)11(7-9)13(17)8-2-1-3-10(16)6-8/h1-7,13,17H. The van der Waals surface area contributed by atoms with Crippen molar-refractivity contribution in [2.45, 2.75) is 6.10 Å². The molecule has 0 heterocycles. The van der Waals surface area contributed by atoms with Gasteiger partial charge in [-0.3, -0.25) is 0 Å². The fraction of sp³-hybridized carbons (Fsp3) is 0.0769. The molecule has 0 saturated carbocycles. The van der Waals surface area contributed by atoms with Crippen molar-refractivity contribution >= 4 is 45.8 Å². The molecule has 1 unspecified atom stereocenters. The van der Waals surface area contributed by atoms with Crippen molar-refractivity contribution in [3.05, 3.63) is 67.2 Å². The summed E-state index contributed by atoms with van der Waals surface area (Å²) < 4.78 is 1.07. The monoisotopic (exact) mass is 378 g/mol. The van der Waals surface area contributed by atoms with E-state index in [1.807, 2.05) is 24.3 Å². The van der Waals surface area contributed by atoms with Crippen molar-refractivity contribution in [1.82, 2.24) is 0 Å². The first-order valence-electron chi connectivity index (χ1n) is 4.96. The van der Waals surface area contributed by atoms with Crippen LogP contribution in [0.5, 0.6) is 0 Å². The van der Waals surface area contributed by atoms with E-state index in [0.29, 0.717) is 15.6 Å². The van der Waals surface area contributed by atoms with Crippen LogP contribution in [0, 0.1) is 3.57 Å². The highest BCUT2D eigenvalue weighted by atomic mass is 127. The Morgan fingerprint density at radius 2 is 1.82 bits per heavy atom. The number of aliphatic hydroxyl groups excluding tert-OH is 1. The summed E-state index contributed by atoms with van der Waals surface area (Å²) in [6.45, 7) is 0. The zero-order valence-electron chi connectivity index (χ0n) is 8.70. The van der Waals surface area contributed by atoms with E-state index in [1.54, 1.807) is 18.2 Å². The minimum absolute atomic E-state index is 0.515. The van der Waals surface area contributed by atoms with Crippen LogP contribution in [0.3, 0.4) is 0 Å². The van der Waals surface area contributed by atoms with Crippen LogP contribution in [0.2, 0.25) is 10.0 Å². The molecule has 0 aromatic heterocycles. The first-order valence-corrected chi connectivity index (χ1v) is 6.80. The van der Waals surface area contributed by atoms with Gasteiger partial charge in [0.05, 0.1) is 0 Å². The average Bonchev–Trinajstić information content (AvgIpc) is 2.31. The Morgan fingerprint density at radius 3 is 2.53 bits per heavy atom. The smallest absolute Gasteiger partial charge is 0.106 e. The largest absolute Gasteiger partial charge is 0.384 e. The molecule has 0 aliphatic rings. The maximum Gasteiger partial charge on any atom is 0.106 e. The third-order valence-electron chi connectivity index (χ3n) is 2.42. The van der Waals surface area contributed by atoms with E-state index < -0.39 is 6.10 Å². The molecule has 88 valence electrons. The minimum atomic E-state index is -0.754. The van der Waals surface area contributed by atoms with Gasteiger partial charge in [0.2, 0.25) is 0 Å². The van der Waals surface area contributed by atoms with Crippen molar-refractivity contribution in [1.29, 1.82) is 0 Å². The van der Waals surface area contributed by atoms with Crippen molar-refractivity contribution < 1.29 is 5.11 Å². The summed E-state index contributed by atoms with van der Waals surface area (Å²) in [5.74, 6) is 0. The van der Waals surface area contributed by atoms with Crippen molar-refractivity contribution in [3.63, 3.8) is 0 Å². The predicted octanol–water partition coefficient (Wildman–Crippen LogP) is 4.68. The lowest BCUT2D eigenvalue weighted by atomic mass is 10.0. The van der Waals surface area contributed by atoms with Crippen LogP contribution in [0.25, 0.3) is 0 Å².